The molecule has 9 heteroatoms. The minimum Gasteiger partial charge on any atom is -0.419 e. The first-order valence-corrected chi connectivity index (χ1v) is 11.8. The Hall–Kier alpha value is -2.84. The number of hydrogen-bond donors (Lipinski definition) is 1. The fourth-order valence-electron chi connectivity index (χ4n) is 3.03. The second-order valence-electron chi connectivity index (χ2n) is 7.21. The summed E-state index contributed by atoms with van der Waals surface area (Å²) in [4.78, 5) is 26.5. The minimum atomic E-state index is -0.142. The summed E-state index contributed by atoms with van der Waals surface area (Å²) in [7, 11) is 0. The first-order valence-electron chi connectivity index (χ1n) is 10.3. The minimum absolute atomic E-state index is 0.0855. The summed E-state index contributed by atoms with van der Waals surface area (Å²) in [6.45, 7) is 4.72. The lowest BCUT2D eigenvalue weighted by molar-refractivity contribution is -0.129. The fraction of sp³-hybridized carbons (Fsp3) is 0.304. The standard InChI is InChI=1S/C23H25ClN4O3S/c1-3-11-28(13-21-26-27-23(31-21)18-9-4-5-10-19(18)24)22(30)15-32-14-20(29)25-17-8-6-7-16(2)12-17/h4-10,12H,3,11,13-15H2,1-2H3,(H,25,29). The molecule has 0 atom stereocenters. The second-order valence-corrected chi connectivity index (χ2v) is 8.60. The summed E-state index contributed by atoms with van der Waals surface area (Å²) in [6.07, 6.45) is 0.787. The maximum absolute atomic E-state index is 12.7. The van der Waals surface area contributed by atoms with Crippen LogP contribution >= 0.6 is 23.4 Å². The van der Waals surface area contributed by atoms with E-state index in [1.165, 1.54) is 11.8 Å². The molecule has 2 aromatic carbocycles. The number of anilines is 1. The van der Waals surface area contributed by atoms with Gasteiger partial charge in [0.25, 0.3) is 0 Å². The number of nitrogens with one attached hydrogen (secondary N) is 1. The molecule has 0 aliphatic heterocycles. The highest BCUT2D eigenvalue weighted by molar-refractivity contribution is 8.00. The van der Waals surface area contributed by atoms with Crippen molar-refractivity contribution in [3.63, 3.8) is 0 Å². The maximum atomic E-state index is 12.7. The van der Waals surface area contributed by atoms with Crippen molar-refractivity contribution in [2.75, 3.05) is 23.4 Å². The molecule has 0 bridgehead atoms. The lowest BCUT2D eigenvalue weighted by Gasteiger charge is -2.20. The summed E-state index contributed by atoms with van der Waals surface area (Å²) in [6, 6.07) is 14.8. The molecule has 168 valence electrons. The monoisotopic (exact) mass is 472 g/mol. The number of carbonyl (C=O) groups excluding carboxylic acids is 2. The molecule has 0 unspecified atom stereocenters. The number of benzene rings is 2. The van der Waals surface area contributed by atoms with Crippen molar-refractivity contribution in [1.29, 1.82) is 0 Å². The zero-order valence-corrected chi connectivity index (χ0v) is 19.6. The van der Waals surface area contributed by atoms with Gasteiger partial charge in [-0.3, -0.25) is 9.59 Å². The molecular formula is C23H25ClN4O3S. The summed E-state index contributed by atoms with van der Waals surface area (Å²) < 4.78 is 5.72. The normalized spacial score (nSPS) is 10.7. The highest BCUT2D eigenvalue weighted by atomic mass is 35.5. The van der Waals surface area contributed by atoms with Gasteiger partial charge < -0.3 is 14.6 Å². The molecule has 3 rings (SSSR count). The predicted molar refractivity (Wildman–Crippen MR) is 128 cm³/mol. The Labute approximate surface area is 196 Å². The molecule has 2 amide bonds. The lowest BCUT2D eigenvalue weighted by Crippen LogP contribution is -2.33. The Morgan fingerprint density at radius 1 is 1.12 bits per heavy atom. The van der Waals surface area contributed by atoms with Crippen LogP contribution in [0.2, 0.25) is 5.02 Å². The zero-order valence-electron chi connectivity index (χ0n) is 18.0. The molecule has 0 radical (unpaired) electrons. The average molecular weight is 473 g/mol. The van der Waals surface area contributed by atoms with E-state index >= 15 is 0 Å². The van der Waals surface area contributed by atoms with Crippen LogP contribution in [0.5, 0.6) is 0 Å². The number of carbonyl (C=O) groups is 2. The number of amides is 2. The maximum Gasteiger partial charge on any atom is 0.249 e. The summed E-state index contributed by atoms with van der Waals surface area (Å²) in [5.41, 5.74) is 2.47. The molecule has 0 saturated carbocycles. The molecule has 0 aliphatic carbocycles. The van der Waals surface area contributed by atoms with E-state index in [9.17, 15) is 9.59 Å². The molecule has 1 N–H and O–H groups in total. The van der Waals surface area contributed by atoms with Crippen molar-refractivity contribution in [3.05, 3.63) is 65.0 Å². The Morgan fingerprint density at radius 2 is 1.94 bits per heavy atom. The first kappa shape index (κ1) is 23.8. The predicted octanol–water partition coefficient (Wildman–Crippen LogP) is 4.81. The molecular weight excluding hydrogens is 448 g/mol. The summed E-state index contributed by atoms with van der Waals surface area (Å²) in [5, 5.41) is 11.5. The van der Waals surface area contributed by atoms with Crippen LogP contribution in [-0.2, 0) is 16.1 Å². The number of aryl methyl sites for hydroxylation is 1. The van der Waals surface area contributed by atoms with Crippen molar-refractivity contribution in [2.24, 2.45) is 0 Å². The number of halogens is 1. The molecule has 0 fully saturated rings. The van der Waals surface area contributed by atoms with Gasteiger partial charge in [-0.15, -0.1) is 22.0 Å². The lowest BCUT2D eigenvalue weighted by atomic mass is 10.2. The van der Waals surface area contributed by atoms with Gasteiger partial charge in [0.05, 0.1) is 28.6 Å². The molecule has 3 aromatic rings. The number of nitrogens with zero attached hydrogens (tertiary/aromatic N) is 3. The first-order chi connectivity index (χ1) is 15.5. The van der Waals surface area contributed by atoms with E-state index in [2.05, 4.69) is 15.5 Å². The van der Waals surface area contributed by atoms with E-state index in [1.807, 2.05) is 50.2 Å². The van der Waals surface area contributed by atoms with Gasteiger partial charge in [-0.25, -0.2) is 0 Å². The third-order valence-corrected chi connectivity index (χ3v) is 5.75. The molecule has 32 heavy (non-hydrogen) atoms. The Kier molecular flexibility index (Phi) is 8.70. The topological polar surface area (TPSA) is 88.3 Å². The van der Waals surface area contributed by atoms with Crippen molar-refractivity contribution in [1.82, 2.24) is 15.1 Å². The van der Waals surface area contributed by atoms with E-state index in [4.69, 9.17) is 16.0 Å². The van der Waals surface area contributed by atoms with Crippen molar-refractivity contribution in [2.45, 2.75) is 26.8 Å². The van der Waals surface area contributed by atoms with Crippen molar-refractivity contribution in [3.8, 4) is 11.5 Å². The third-order valence-electron chi connectivity index (χ3n) is 4.50. The van der Waals surface area contributed by atoms with Crippen LogP contribution < -0.4 is 5.32 Å². The average Bonchev–Trinajstić information content (AvgIpc) is 3.22. The van der Waals surface area contributed by atoms with Crippen molar-refractivity contribution < 1.29 is 14.0 Å². The largest absolute Gasteiger partial charge is 0.419 e. The van der Waals surface area contributed by atoms with E-state index in [1.54, 1.807) is 17.0 Å². The van der Waals surface area contributed by atoms with E-state index < -0.39 is 0 Å². The van der Waals surface area contributed by atoms with Gasteiger partial charge in [0.15, 0.2) is 0 Å². The number of aromatic nitrogens is 2. The molecule has 1 heterocycles. The Balaban J connectivity index is 1.52. The Bertz CT molecular complexity index is 1070. The van der Waals surface area contributed by atoms with Crippen LogP contribution in [0.25, 0.3) is 11.5 Å². The van der Waals surface area contributed by atoms with E-state index in [0.717, 1.165) is 17.7 Å². The van der Waals surface area contributed by atoms with Gasteiger partial charge in [-0.1, -0.05) is 42.8 Å². The molecule has 0 aliphatic rings. The molecule has 1 aromatic heterocycles. The summed E-state index contributed by atoms with van der Waals surface area (Å²) >= 11 is 7.46. The van der Waals surface area contributed by atoms with Gasteiger partial charge in [-0.05, 0) is 43.2 Å². The fourth-order valence-corrected chi connectivity index (χ4v) is 3.96. The van der Waals surface area contributed by atoms with Gasteiger partial charge in [0.2, 0.25) is 23.6 Å². The van der Waals surface area contributed by atoms with E-state index in [-0.39, 0.29) is 29.9 Å². The van der Waals surface area contributed by atoms with Gasteiger partial charge in [-0.2, -0.15) is 0 Å². The zero-order chi connectivity index (χ0) is 22.9. The highest BCUT2D eigenvalue weighted by Gasteiger charge is 2.18. The van der Waals surface area contributed by atoms with Crippen LogP contribution in [-0.4, -0.2) is 45.0 Å². The molecule has 0 saturated heterocycles. The number of rotatable bonds is 10. The van der Waals surface area contributed by atoms with Crippen LogP contribution in [0, 0.1) is 6.92 Å². The van der Waals surface area contributed by atoms with Crippen LogP contribution in [0.3, 0.4) is 0 Å². The summed E-state index contributed by atoms with van der Waals surface area (Å²) in [5.74, 6) is 0.805. The SMILES string of the molecule is CCCN(Cc1nnc(-c2ccccc2Cl)o1)C(=O)CSCC(=O)Nc1cccc(C)c1. The quantitative estimate of drug-likeness (QED) is 0.455. The van der Waals surface area contributed by atoms with Crippen LogP contribution in [0.15, 0.2) is 52.9 Å². The third kappa shape index (κ3) is 6.83. The van der Waals surface area contributed by atoms with Crippen LogP contribution in [0.1, 0.15) is 24.8 Å². The van der Waals surface area contributed by atoms with Gasteiger partial charge >= 0.3 is 0 Å². The van der Waals surface area contributed by atoms with Crippen LogP contribution in [0.4, 0.5) is 5.69 Å². The van der Waals surface area contributed by atoms with Crippen molar-refractivity contribution >= 4 is 40.9 Å². The second kappa shape index (κ2) is 11.7. The highest BCUT2D eigenvalue weighted by Crippen LogP contribution is 2.26. The molecule has 0 spiro atoms. The molecule has 7 nitrogen and oxygen atoms in total. The van der Waals surface area contributed by atoms with Gasteiger partial charge in [0.1, 0.15) is 0 Å². The van der Waals surface area contributed by atoms with E-state index in [0.29, 0.717) is 28.9 Å². The Morgan fingerprint density at radius 3 is 2.69 bits per heavy atom. The van der Waals surface area contributed by atoms with Gasteiger partial charge in [0, 0.05) is 12.2 Å². The number of thioether (sulfide) groups is 1. The number of hydrogen-bond acceptors (Lipinski definition) is 6. The smallest absolute Gasteiger partial charge is 0.249 e.